The van der Waals surface area contributed by atoms with Crippen molar-refractivity contribution in [2.24, 2.45) is 5.92 Å². The van der Waals surface area contributed by atoms with Crippen molar-refractivity contribution in [2.75, 3.05) is 11.2 Å². The zero-order chi connectivity index (χ0) is 13.5. The van der Waals surface area contributed by atoms with E-state index in [9.17, 15) is 4.79 Å². The van der Waals surface area contributed by atoms with Gasteiger partial charge in [0.05, 0.1) is 0 Å². The minimum atomic E-state index is 0.136. The summed E-state index contributed by atoms with van der Waals surface area (Å²) < 4.78 is 0. The lowest BCUT2D eigenvalue weighted by Crippen LogP contribution is -2.12. The van der Waals surface area contributed by atoms with Crippen LogP contribution in [0.2, 0.25) is 0 Å². The number of halogens is 1. The second-order valence-corrected chi connectivity index (χ2v) is 5.75. The van der Waals surface area contributed by atoms with E-state index in [1.54, 1.807) is 0 Å². The third-order valence-corrected chi connectivity index (χ3v) is 4.06. The maximum atomic E-state index is 11.8. The van der Waals surface area contributed by atoms with Gasteiger partial charge in [0.25, 0.3) is 0 Å². The molecular weight excluding hydrogens is 258 g/mol. The van der Waals surface area contributed by atoms with Crippen molar-refractivity contribution in [3.8, 4) is 0 Å². The molecule has 3 heteroatoms. The van der Waals surface area contributed by atoms with E-state index in [2.05, 4.69) is 5.32 Å². The molecule has 2 nitrogen and oxygen atoms in total. The van der Waals surface area contributed by atoms with E-state index in [0.29, 0.717) is 12.3 Å². The van der Waals surface area contributed by atoms with Crippen LogP contribution in [-0.4, -0.2) is 11.8 Å². The first kappa shape index (κ1) is 14.4. The van der Waals surface area contributed by atoms with Crippen LogP contribution < -0.4 is 5.32 Å². The number of alkyl halides is 1. The summed E-state index contributed by atoms with van der Waals surface area (Å²) >= 11 is 5.69. The van der Waals surface area contributed by atoms with Crippen LogP contribution in [0.1, 0.15) is 44.1 Å². The smallest absolute Gasteiger partial charge is 0.224 e. The summed E-state index contributed by atoms with van der Waals surface area (Å²) in [6.07, 6.45) is 7.85. The van der Waals surface area contributed by atoms with Crippen LogP contribution in [0.4, 0.5) is 5.69 Å². The molecule has 1 fully saturated rings. The highest BCUT2D eigenvalue weighted by Crippen LogP contribution is 2.28. The number of rotatable bonds is 6. The molecule has 1 saturated carbocycles. The lowest BCUT2D eigenvalue weighted by Gasteiger charge is -2.09. The van der Waals surface area contributed by atoms with Gasteiger partial charge in [-0.15, -0.1) is 11.6 Å². The number of anilines is 1. The predicted octanol–water partition coefficient (Wildman–Crippen LogP) is 4.38. The molecule has 0 unspecified atom stereocenters. The van der Waals surface area contributed by atoms with Gasteiger partial charge in [-0.25, -0.2) is 0 Å². The number of carbonyl (C=O) groups is 1. The van der Waals surface area contributed by atoms with Crippen molar-refractivity contribution in [3.63, 3.8) is 0 Å². The van der Waals surface area contributed by atoms with Crippen LogP contribution in [0.5, 0.6) is 0 Å². The molecule has 1 N–H and O–H groups in total. The minimum absolute atomic E-state index is 0.136. The molecule has 0 bridgehead atoms. The molecule has 0 radical (unpaired) electrons. The van der Waals surface area contributed by atoms with E-state index >= 15 is 0 Å². The highest BCUT2D eigenvalue weighted by Gasteiger charge is 2.16. The first-order valence-electron chi connectivity index (χ1n) is 7.22. The Bertz CT molecular complexity index is 396. The van der Waals surface area contributed by atoms with Gasteiger partial charge in [0.2, 0.25) is 5.91 Å². The molecule has 1 aromatic carbocycles. The van der Waals surface area contributed by atoms with E-state index in [4.69, 9.17) is 11.6 Å². The fourth-order valence-corrected chi connectivity index (χ4v) is 2.94. The number of carbonyl (C=O) groups excluding carboxylic acids is 1. The van der Waals surface area contributed by atoms with Crippen LogP contribution in [0.15, 0.2) is 24.3 Å². The molecule has 0 atom stereocenters. The minimum Gasteiger partial charge on any atom is -0.326 e. The van der Waals surface area contributed by atoms with E-state index in [0.717, 1.165) is 24.4 Å². The molecular formula is C16H22ClNO. The van der Waals surface area contributed by atoms with Crippen LogP contribution in [0.25, 0.3) is 0 Å². The number of amides is 1. The molecule has 2 rings (SSSR count). The van der Waals surface area contributed by atoms with E-state index in [1.807, 2.05) is 24.3 Å². The number of nitrogens with one attached hydrogen (secondary N) is 1. The van der Waals surface area contributed by atoms with Gasteiger partial charge in [-0.1, -0.05) is 37.8 Å². The van der Waals surface area contributed by atoms with E-state index < -0.39 is 0 Å². The molecule has 1 aromatic rings. The fourth-order valence-electron chi connectivity index (χ4n) is 2.72. The third-order valence-electron chi connectivity index (χ3n) is 3.88. The maximum absolute atomic E-state index is 11.8. The van der Waals surface area contributed by atoms with Gasteiger partial charge in [-0.05, 0) is 36.5 Å². The molecule has 0 spiro atoms. The average molecular weight is 280 g/mol. The summed E-state index contributed by atoms with van der Waals surface area (Å²) in [6.45, 7) is 0. The lowest BCUT2D eigenvalue weighted by molar-refractivity contribution is -0.116. The van der Waals surface area contributed by atoms with Crippen molar-refractivity contribution in [1.29, 1.82) is 0 Å². The summed E-state index contributed by atoms with van der Waals surface area (Å²) in [4.78, 5) is 11.8. The second kappa shape index (κ2) is 7.54. The first-order valence-corrected chi connectivity index (χ1v) is 7.76. The predicted molar refractivity (Wildman–Crippen MR) is 80.7 cm³/mol. The van der Waals surface area contributed by atoms with Crippen molar-refractivity contribution in [1.82, 2.24) is 0 Å². The van der Waals surface area contributed by atoms with Gasteiger partial charge in [-0.3, -0.25) is 4.79 Å². The van der Waals surface area contributed by atoms with E-state index in [-0.39, 0.29) is 5.91 Å². The highest BCUT2D eigenvalue weighted by molar-refractivity contribution is 6.17. The lowest BCUT2D eigenvalue weighted by atomic mass is 10.0. The molecule has 1 aliphatic carbocycles. The zero-order valence-corrected chi connectivity index (χ0v) is 12.1. The summed E-state index contributed by atoms with van der Waals surface area (Å²) in [5.41, 5.74) is 2.09. The molecule has 1 amide bonds. The van der Waals surface area contributed by atoms with Crippen molar-refractivity contribution >= 4 is 23.2 Å². The molecule has 104 valence electrons. The van der Waals surface area contributed by atoms with E-state index in [1.165, 1.54) is 31.2 Å². The first-order chi connectivity index (χ1) is 9.28. The number of aryl methyl sites for hydroxylation is 1. The molecule has 0 aromatic heterocycles. The van der Waals surface area contributed by atoms with Crippen LogP contribution in [0.3, 0.4) is 0 Å². The van der Waals surface area contributed by atoms with Crippen LogP contribution in [0, 0.1) is 5.92 Å². The summed E-state index contributed by atoms with van der Waals surface area (Å²) in [7, 11) is 0. The largest absolute Gasteiger partial charge is 0.326 e. The van der Waals surface area contributed by atoms with Crippen molar-refractivity contribution in [2.45, 2.75) is 44.9 Å². The normalized spacial score (nSPS) is 15.6. The zero-order valence-electron chi connectivity index (χ0n) is 11.3. The van der Waals surface area contributed by atoms with Crippen molar-refractivity contribution < 1.29 is 4.79 Å². The molecule has 1 aliphatic rings. The Morgan fingerprint density at radius 2 is 1.89 bits per heavy atom. The number of hydrogen-bond acceptors (Lipinski definition) is 1. The summed E-state index contributed by atoms with van der Waals surface area (Å²) in [6, 6.07) is 7.95. The van der Waals surface area contributed by atoms with Gasteiger partial charge in [0.1, 0.15) is 0 Å². The highest BCUT2D eigenvalue weighted by atomic mass is 35.5. The molecule has 0 heterocycles. The second-order valence-electron chi connectivity index (χ2n) is 5.37. The maximum Gasteiger partial charge on any atom is 0.224 e. The monoisotopic (exact) mass is 279 g/mol. The topological polar surface area (TPSA) is 29.1 Å². The average Bonchev–Trinajstić information content (AvgIpc) is 2.92. The Labute approximate surface area is 120 Å². The van der Waals surface area contributed by atoms with Crippen LogP contribution in [-0.2, 0) is 11.2 Å². The number of hydrogen-bond donors (Lipinski definition) is 1. The van der Waals surface area contributed by atoms with Crippen molar-refractivity contribution in [3.05, 3.63) is 29.8 Å². The van der Waals surface area contributed by atoms with Crippen LogP contribution >= 0.6 is 11.6 Å². The van der Waals surface area contributed by atoms with Gasteiger partial charge >= 0.3 is 0 Å². The Morgan fingerprint density at radius 3 is 2.53 bits per heavy atom. The Balaban J connectivity index is 1.74. The standard InChI is InChI=1S/C16H22ClNO/c17-12-11-14-5-8-15(9-6-14)18-16(19)10-7-13-3-1-2-4-13/h5-6,8-9,13H,1-4,7,10-12H2,(H,18,19). The Kier molecular flexibility index (Phi) is 5.71. The molecule has 0 aliphatic heterocycles. The quantitative estimate of drug-likeness (QED) is 0.770. The molecule has 0 saturated heterocycles. The van der Waals surface area contributed by atoms with Gasteiger partial charge in [0, 0.05) is 18.0 Å². The van der Waals surface area contributed by atoms with Gasteiger partial charge in [-0.2, -0.15) is 0 Å². The Hall–Kier alpha value is -1.02. The molecule has 19 heavy (non-hydrogen) atoms. The fraction of sp³-hybridized carbons (Fsp3) is 0.562. The summed E-state index contributed by atoms with van der Waals surface area (Å²) in [5.74, 6) is 1.54. The SMILES string of the molecule is O=C(CCC1CCCC1)Nc1ccc(CCCl)cc1. The summed E-state index contributed by atoms with van der Waals surface area (Å²) in [5, 5.41) is 2.96. The third kappa shape index (κ3) is 4.87. The van der Waals surface area contributed by atoms with Gasteiger partial charge in [0.15, 0.2) is 0 Å². The van der Waals surface area contributed by atoms with Gasteiger partial charge < -0.3 is 5.32 Å². The number of benzene rings is 1. The Morgan fingerprint density at radius 1 is 1.21 bits per heavy atom.